The average Bonchev–Trinajstić information content (AvgIpc) is 2.54. The normalized spacial score (nSPS) is 11.6. The highest BCUT2D eigenvalue weighted by atomic mass is 35.5. The van der Waals surface area contributed by atoms with Crippen molar-refractivity contribution >= 4 is 23.4 Å². The number of carbonyl (C=O) groups excluding carboxylic acids is 2. The molecule has 0 spiro atoms. The molecule has 120 valence electrons. The lowest BCUT2D eigenvalue weighted by Crippen LogP contribution is -2.31. The van der Waals surface area contributed by atoms with E-state index in [1.807, 2.05) is 37.3 Å². The number of amides is 2. The number of nitrogens with one attached hydrogen (secondary N) is 1. The smallest absolute Gasteiger partial charge is 0.258 e. The van der Waals surface area contributed by atoms with Crippen molar-refractivity contribution < 1.29 is 14.3 Å². The average molecular weight is 333 g/mol. The Bertz CT molecular complexity index is 704. The number of rotatable bonds is 6. The van der Waals surface area contributed by atoms with E-state index >= 15 is 0 Å². The second-order valence-corrected chi connectivity index (χ2v) is 5.43. The van der Waals surface area contributed by atoms with Crippen LogP contribution in [0.15, 0.2) is 48.5 Å². The van der Waals surface area contributed by atoms with Gasteiger partial charge in [0.05, 0.1) is 11.6 Å². The molecule has 6 heteroatoms. The molecule has 0 unspecified atom stereocenters. The lowest BCUT2D eigenvalue weighted by Gasteiger charge is -2.15. The van der Waals surface area contributed by atoms with Crippen LogP contribution in [0.2, 0.25) is 5.02 Å². The summed E-state index contributed by atoms with van der Waals surface area (Å²) in [7, 11) is 0. The van der Waals surface area contributed by atoms with Crippen molar-refractivity contribution in [2.45, 2.75) is 13.0 Å². The lowest BCUT2D eigenvalue weighted by molar-refractivity contribution is -0.123. The summed E-state index contributed by atoms with van der Waals surface area (Å²) in [6, 6.07) is 13.9. The summed E-state index contributed by atoms with van der Waals surface area (Å²) in [5, 5.41) is 3.19. The first-order valence-corrected chi connectivity index (χ1v) is 7.41. The summed E-state index contributed by atoms with van der Waals surface area (Å²) >= 11 is 5.82. The molecule has 2 aromatic rings. The van der Waals surface area contributed by atoms with Gasteiger partial charge in [0.2, 0.25) is 0 Å². The Morgan fingerprint density at radius 1 is 1.22 bits per heavy atom. The summed E-state index contributed by atoms with van der Waals surface area (Å²) in [5.74, 6) is -0.739. The summed E-state index contributed by atoms with van der Waals surface area (Å²) in [4.78, 5) is 23.3. The third-order valence-corrected chi connectivity index (χ3v) is 3.48. The maximum atomic E-state index is 12.0. The number of halogens is 1. The summed E-state index contributed by atoms with van der Waals surface area (Å²) < 4.78 is 5.38. The predicted octanol–water partition coefficient (Wildman–Crippen LogP) is 2.70. The van der Waals surface area contributed by atoms with Gasteiger partial charge >= 0.3 is 0 Å². The number of hydrogen-bond donors (Lipinski definition) is 2. The van der Waals surface area contributed by atoms with E-state index in [0.29, 0.717) is 5.02 Å². The molecule has 3 N–H and O–H groups in total. The fourth-order valence-corrected chi connectivity index (χ4v) is 2.24. The van der Waals surface area contributed by atoms with E-state index in [4.69, 9.17) is 22.1 Å². The van der Waals surface area contributed by atoms with Gasteiger partial charge in [0.15, 0.2) is 6.61 Å². The molecule has 0 aromatic heterocycles. The van der Waals surface area contributed by atoms with E-state index in [-0.39, 0.29) is 29.9 Å². The zero-order valence-electron chi connectivity index (χ0n) is 12.6. The first-order chi connectivity index (χ1) is 11.0. The Balaban J connectivity index is 1.96. The van der Waals surface area contributed by atoms with E-state index in [2.05, 4.69) is 5.32 Å². The number of carbonyl (C=O) groups is 2. The van der Waals surface area contributed by atoms with Gasteiger partial charge in [-0.15, -0.1) is 0 Å². The first-order valence-electron chi connectivity index (χ1n) is 7.04. The molecule has 0 aliphatic heterocycles. The number of ether oxygens (including phenoxy) is 1. The van der Waals surface area contributed by atoms with Gasteiger partial charge in [-0.2, -0.15) is 0 Å². The molecule has 0 radical (unpaired) electrons. The standard InChI is InChI=1S/C17H17ClN2O3/c1-11(12-5-3-2-4-6-12)20-16(21)10-23-15-8-7-13(18)9-14(15)17(19)22/h2-9,11H,10H2,1H3,(H2,19,22)(H,20,21)/t11-/m0/s1. The third-order valence-electron chi connectivity index (χ3n) is 3.24. The zero-order chi connectivity index (χ0) is 16.8. The highest BCUT2D eigenvalue weighted by Gasteiger charge is 2.13. The van der Waals surface area contributed by atoms with Gasteiger partial charge in [-0.25, -0.2) is 0 Å². The van der Waals surface area contributed by atoms with Crippen LogP contribution in [-0.2, 0) is 4.79 Å². The first kappa shape index (κ1) is 16.8. The molecule has 1 atom stereocenters. The van der Waals surface area contributed by atoms with Crippen LogP contribution in [-0.4, -0.2) is 18.4 Å². The number of benzene rings is 2. The van der Waals surface area contributed by atoms with Crippen LogP contribution in [0.4, 0.5) is 0 Å². The lowest BCUT2D eigenvalue weighted by atomic mass is 10.1. The summed E-state index contributed by atoms with van der Waals surface area (Å²) in [6.07, 6.45) is 0. The van der Waals surface area contributed by atoms with Gasteiger partial charge in [-0.1, -0.05) is 41.9 Å². The molecule has 2 rings (SSSR count). The van der Waals surface area contributed by atoms with Crippen molar-refractivity contribution in [2.24, 2.45) is 5.73 Å². The molecule has 23 heavy (non-hydrogen) atoms. The van der Waals surface area contributed by atoms with Crippen LogP contribution in [0.5, 0.6) is 5.75 Å². The molecular formula is C17H17ClN2O3. The summed E-state index contributed by atoms with van der Waals surface area (Å²) in [6.45, 7) is 1.66. The third kappa shape index (κ3) is 4.72. The van der Waals surface area contributed by atoms with Crippen molar-refractivity contribution in [1.82, 2.24) is 5.32 Å². The number of nitrogens with two attached hydrogens (primary N) is 1. The Morgan fingerprint density at radius 2 is 1.91 bits per heavy atom. The van der Waals surface area contributed by atoms with Crippen molar-refractivity contribution in [3.05, 3.63) is 64.7 Å². The molecule has 2 amide bonds. The van der Waals surface area contributed by atoms with Crippen LogP contribution in [0.3, 0.4) is 0 Å². The highest BCUT2D eigenvalue weighted by Crippen LogP contribution is 2.22. The van der Waals surface area contributed by atoms with Gasteiger partial charge in [-0.3, -0.25) is 9.59 Å². The molecule has 0 saturated heterocycles. The van der Waals surface area contributed by atoms with E-state index in [0.717, 1.165) is 5.56 Å². The predicted molar refractivity (Wildman–Crippen MR) is 88.5 cm³/mol. The molecule has 0 heterocycles. The number of hydrogen-bond acceptors (Lipinski definition) is 3. The molecule has 0 saturated carbocycles. The fourth-order valence-electron chi connectivity index (χ4n) is 2.07. The van der Waals surface area contributed by atoms with Crippen molar-refractivity contribution in [3.8, 4) is 5.75 Å². The van der Waals surface area contributed by atoms with Crippen LogP contribution < -0.4 is 15.8 Å². The van der Waals surface area contributed by atoms with Crippen molar-refractivity contribution in [2.75, 3.05) is 6.61 Å². The quantitative estimate of drug-likeness (QED) is 0.853. The van der Waals surface area contributed by atoms with Gasteiger partial charge in [-0.05, 0) is 30.7 Å². The Labute approximate surface area is 139 Å². The van der Waals surface area contributed by atoms with Crippen molar-refractivity contribution in [1.29, 1.82) is 0 Å². The van der Waals surface area contributed by atoms with Crippen LogP contribution in [0.1, 0.15) is 28.9 Å². The maximum Gasteiger partial charge on any atom is 0.258 e. The maximum absolute atomic E-state index is 12.0. The van der Waals surface area contributed by atoms with Crippen LogP contribution >= 0.6 is 11.6 Å². The zero-order valence-corrected chi connectivity index (χ0v) is 13.3. The van der Waals surface area contributed by atoms with E-state index in [9.17, 15) is 9.59 Å². The van der Waals surface area contributed by atoms with E-state index in [1.54, 1.807) is 6.07 Å². The molecular weight excluding hydrogens is 316 g/mol. The minimum atomic E-state index is -0.666. The topological polar surface area (TPSA) is 81.4 Å². The van der Waals surface area contributed by atoms with Gasteiger partial charge < -0.3 is 15.8 Å². The molecule has 0 fully saturated rings. The van der Waals surface area contributed by atoms with Crippen LogP contribution in [0.25, 0.3) is 0 Å². The van der Waals surface area contributed by atoms with Gasteiger partial charge in [0, 0.05) is 5.02 Å². The van der Waals surface area contributed by atoms with Gasteiger partial charge in [0.25, 0.3) is 11.8 Å². The van der Waals surface area contributed by atoms with E-state index in [1.165, 1.54) is 12.1 Å². The van der Waals surface area contributed by atoms with Crippen molar-refractivity contribution in [3.63, 3.8) is 0 Å². The second-order valence-electron chi connectivity index (χ2n) is 4.99. The molecule has 0 aliphatic rings. The fraction of sp³-hybridized carbons (Fsp3) is 0.176. The van der Waals surface area contributed by atoms with E-state index < -0.39 is 5.91 Å². The molecule has 0 bridgehead atoms. The number of primary amides is 1. The Hall–Kier alpha value is -2.53. The molecule has 5 nitrogen and oxygen atoms in total. The Kier molecular flexibility index (Phi) is 5.60. The highest BCUT2D eigenvalue weighted by molar-refractivity contribution is 6.31. The molecule has 2 aromatic carbocycles. The SMILES string of the molecule is C[C@H](NC(=O)COc1ccc(Cl)cc1C(N)=O)c1ccccc1. The largest absolute Gasteiger partial charge is 0.483 e. The monoisotopic (exact) mass is 332 g/mol. The minimum absolute atomic E-state index is 0.140. The summed E-state index contributed by atoms with van der Waals surface area (Å²) in [5.41, 5.74) is 6.40. The van der Waals surface area contributed by atoms with Crippen LogP contribution in [0, 0.1) is 0 Å². The Morgan fingerprint density at radius 3 is 2.57 bits per heavy atom. The second kappa shape index (κ2) is 7.65. The minimum Gasteiger partial charge on any atom is -0.483 e. The molecule has 0 aliphatic carbocycles. The van der Waals surface area contributed by atoms with Gasteiger partial charge in [0.1, 0.15) is 5.75 Å².